The van der Waals surface area contributed by atoms with Crippen LogP contribution in [0.2, 0.25) is 0 Å². The van der Waals surface area contributed by atoms with Crippen molar-refractivity contribution >= 4 is 17.7 Å². The summed E-state index contributed by atoms with van der Waals surface area (Å²) in [5, 5.41) is -0.210. The number of carbonyl (C=O) groups is 1. The highest BCUT2D eigenvalue weighted by Crippen LogP contribution is 2.37. The molecule has 0 spiro atoms. The quantitative estimate of drug-likeness (QED) is 0.752. The van der Waals surface area contributed by atoms with E-state index in [4.69, 9.17) is 9.47 Å². The van der Waals surface area contributed by atoms with Gasteiger partial charge in [-0.2, -0.15) is 0 Å². The SMILES string of the molecule is COC(C)(C)N1CCCS[C@H](c2ccc(Oc3ccccc3)cc2)C1=O. The van der Waals surface area contributed by atoms with Gasteiger partial charge in [0.05, 0.1) is 0 Å². The molecule has 1 amide bonds. The van der Waals surface area contributed by atoms with Gasteiger partial charge in [0.1, 0.15) is 22.5 Å². The van der Waals surface area contributed by atoms with Gasteiger partial charge in [-0.15, -0.1) is 11.8 Å². The lowest BCUT2D eigenvalue weighted by molar-refractivity contribution is -0.158. The van der Waals surface area contributed by atoms with E-state index in [0.29, 0.717) is 0 Å². The van der Waals surface area contributed by atoms with Crippen molar-refractivity contribution in [2.24, 2.45) is 0 Å². The number of methoxy groups -OCH3 is 1. The van der Waals surface area contributed by atoms with Gasteiger partial charge in [0.2, 0.25) is 5.91 Å². The summed E-state index contributed by atoms with van der Waals surface area (Å²) < 4.78 is 11.4. The molecule has 1 heterocycles. The third kappa shape index (κ3) is 4.22. The lowest BCUT2D eigenvalue weighted by Gasteiger charge is -2.37. The second-order valence-electron chi connectivity index (χ2n) is 6.73. The largest absolute Gasteiger partial charge is 0.457 e. The number of hydrogen-bond donors (Lipinski definition) is 0. The molecule has 0 aromatic heterocycles. The third-order valence-corrected chi connectivity index (χ3v) is 5.94. The fraction of sp³-hybridized carbons (Fsp3) is 0.381. The third-order valence-electron chi connectivity index (χ3n) is 4.61. The Hall–Kier alpha value is -1.98. The van der Waals surface area contributed by atoms with Crippen LogP contribution in [0.5, 0.6) is 11.5 Å². The molecule has 1 aliphatic heterocycles. The number of nitrogens with zero attached hydrogens (tertiary/aromatic N) is 1. The van der Waals surface area contributed by atoms with Crippen LogP contribution >= 0.6 is 11.8 Å². The van der Waals surface area contributed by atoms with E-state index in [1.807, 2.05) is 73.3 Å². The van der Waals surface area contributed by atoms with Crippen LogP contribution in [0.15, 0.2) is 54.6 Å². The van der Waals surface area contributed by atoms with E-state index < -0.39 is 5.72 Å². The summed E-state index contributed by atoms with van der Waals surface area (Å²) in [6, 6.07) is 17.5. The first kappa shape index (κ1) is 18.8. The summed E-state index contributed by atoms with van der Waals surface area (Å²) in [4.78, 5) is 15.0. The first-order valence-corrected chi connectivity index (χ1v) is 9.87. The fourth-order valence-corrected chi connectivity index (χ4v) is 4.12. The Morgan fingerprint density at radius 1 is 1.04 bits per heavy atom. The average Bonchev–Trinajstić information content (AvgIpc) is 2.85. The van der Waals surface area contributed by atoms with Gasteiger partial charge >= 0.3 is 0 Å². The zero-order valence-electron chi connectivity index (χ0n) is 15.5. The van der Waals surface area contributed by atoms with Gasteiger partial charge in [-0.25, -0.2) is 0 Å². The zero-order chi connectivity index (χ0) is 18.6. The number of para-hydroxylation sites is 1. The van der Waals surface area contributed by atoms with Crippen molar-refractivity contribution in [1.82, 2.24) is 4.90 Å². The van der Waals surface area contributed by atoms with E-state index >= 15 is 0 Å². The van der Waals surface area contributed by atoms with E-state index in [1.165, 1.54) is 0 Å². The second kappa shape index (κ2) is 8.14. The number of ether oxygens (including phenoxy) is 2. The molecule has 26 heavy (non-hydrogen) atoms. The molecule has 1 saturated heterocycles. The van der Waals surface area contributed by atoms with Crippen molar-refractivity contribution in [1.29, 1.82) is 0 Å². The first-order chi connectivity index (χ1) is 12.5. The minimum absolute atomic E-state index is 0.107. The maximum absolute atomic E-state index is 13.1. The van der Waals surface area contributed by atoms with Gasteiger partial charge in [-0.05, 0) is 55.9 Å². The minimum Gasteiger partial charge on any atom is -0.457 e. The monoisotopic (exact) mass is 371 g/mol. The Morgan fingerprint density at radius 2 is 1.69 bits per heavy atom. The van der Waals surface area contributed by atoms with Crippen LogP contribution in [0.4, 0.5) is 0 Å². The van der Waals surface area contributed by atoms with Crippen LogP contribution in [0, 0.1) is 0 Å². The standard InChI is InChI=1S/C21H25NO3S/c1-21(2,24-3)22-14-7-15-26-19(20(22)23)16-10-12-18(13-11-16)25-17-8-5-4-6-9-17/h4-6,8-13,19H,7,14-15H2,1-3H3/t19-/m1/s1. The van der Waals surface area contributed by atoms with Crippen molar-refractivity contribution in [3.8, 4) is 11.5 Å². The maximum atomic E-state index is 13.1. The number of thioether (sulfide) groups is 1. The average molecular weight is 372 g/mol. The van der Waals surface area contributed by atoms with Crippen LogP contribution < -0.4 is 4.74 Å². The smallest absolute Gasteiger partial charge is 0.242 e. The van der Waals surface area contributed by atoms with E-state index in [2.05, 4.69) is 0 Å². The van der Waals surface area contributed by atoms with Crippen LogP contribution in [-0.2, 0) is 9.53 Å². The summed E-state index contributed by atoms with van der Waals surface area (Å²) in [6.45, 7) is 4.60. The van der Waals surface area contributed by atoms with E-state index in [-0.39, 0.29) is 11.2 Å². The molecule has 0 saturated carbocycles. The molecule has 0 N–H and O–H groups in total. The van der Waals surface area contributed by atoms with Gasteiger partial charge in [0.15, 0.2) is 0 Å². The van der Waals surface area contributed by atoms with Crippen molar-refractivity contribution in [2.45, 2.75) is 31.2 Å². The molecule has 0 unspecified atom stereocenters. The molecule has 0 bridgehead atoms. The van der Waals surface area contributed by atoms with Gasteiger partial charge in [-0.3, -0.25) is 4.79 Å². The number of benzene rings is 2. The molecular formula is C21H25NO3S. The fourth-order valence-electron chi connectivity index (χ4n) is 2.97. The number of amides is 1. The number of carbonyl (C=O) groups excluding carboxylic acids is 1. The predicted octanol–water partition coefficient (Wildman–Crippen LogP) is 4.87. The Bertz CT molecular complexity index is 731. The predicted molar refractivity (Wildman–Crippen MR) is 106 cm³/mol. The summed E-state index contributed by atoms with van der Waals surface area (Å²) in [5.74, 6) is 2.62. The molecular weight excluding hydrogens is 346 g/mol. The van der Waals surface area contributed by atoms with Crippen LogP contribution in [0.1, 0.15) is 31.1 Å². The van der Waals surface area contributed by atoms with Crippen LogP contribution in [0.3, 0.4) is 0 Å². The molecule has 0 aliphatic carbocycles. The second-order valence-corrected chi connectivity index (χ2v) is 7.94. The highest BCUT2D eigenvalue weighted by molar-refractivity contribution is 8.00. The van der Waals surface area contributed by atoms with Gasteiger partial charge in [0, 0.05) is 13.7 Å². The Balaban J connectivity index is 1.77. The molecule has 138 valence electrons. The molecule has 2 aromatic carbocycles. The van der Waals surface area contributed by atoms with E-state index in [1.54, 1.807) is 18.9 Å². The highest BCUT2D eigenvalue weighted by Gasteiger charge is 2.37. The minimum atomic E-state index is -0.601. The Kier molecular flexibility index (Phi) is 5.89. The zero-order valence-corrected chi connectivity index (χ0v) is 16.3. The molecule has 2 aromatic rings. The maximum Gasteiger partial charge on any atom is 0.242 e. The van der Waals surface area contributed by atoms with Crippen molar-refractivity contribution in [2.75, 3.05) is 19.4 Å². The van der Waals surface area contributed by atoms with Crippen LogP contribution in [0.25, 0.3) is 0 Å². The number of rotatable bonds is 5. The molecule has 1 aliphatic rings. The van der Waals surface area contributed by atoms with Crippen molar-refractivity contribution in [3.05, 3.63) is 60.2 Å². The Labute approximate surface area is 159 Å². The summed E-state index contributed by atoms with van der Waals surface area (Å²) >= 11 is 1.70. The number of hydrogen-bond acceptors (Lipinski definition) is 4. The lowest BCUT2D eigenvalue weighted by atomic mass is 10.1. The molecule has 1 atom stereocenters. The molecule has 0 radical (unpaired) electrons. The molecule has 1 fully saturated rings. The van der Waals surface area contributed by atoms with Crippen LogP contribution in [-0.4, -0.2) is 35.9 Å². The van der Waals surface area contributed by atoms with E-state index in [0.717, 1.165) is 35.8 Å². The normalized spacial score (nSPS) is 18.5. The van der Waals surface area contributed by atoms with E-state index in [9.17, 15) is 4.79 Å². The van der Waals surface area contributed by atoms with Crippen molar-refractivity contribution < 1.29 is 14.3 Å². The first-order valence-electron chi connectivity index (χ1n) is 8.82. The van der Waals surface area contributed by atoms with Gasteiger partial charge in [0.25, 0.3) is 0 Å². The lowest BCUT2D eigenvalue weighted by Crippen LogP contribution is -2.50. The molecule has 4 nitrogen and oxygen atoms in total. The molecule has 3 rings (SSSR count). The summed E-state index contributed by atoms with van der Waals surface area (Å²) in [6.07, 6.45) is 0.967. The van der Waals surface area contributed by atoms with Gasteiger partial charge in [-0.1, -0.05) is 30.3 Å². The summed E-state index contributed by atoms with van der Waals surface area (Å²) in [7, 11) is 1.65. The van der Waals surface area contributed by atoms with Crippen molar-refractivity contribution in [3.63, 3.8) is 0 Å². The van der Waals surface area contributed by atoms with Gasteiger partial charge < -0.3 is 14.4 Å². The Morgan fingerprint density at radius 3 is 2.35 bits per heavy atom. The highest BCUT2D eigenvalue weighted by atomic mass is 32.2. The molecule has 5 heteroatoms. The topological polar surface area (TPSA) is 38.8 Å². The summed E-state index contributed by atoms with van der Waals surface area (Å²) in [5.41, 5.74) is 0.399.